The van der Waals surface area contributed by atoms with Gasteiger partial charge in [0.25, 0.3) is 0 Å². The quantitative estimate of drug-likeness (QED) is 0.838. The molecule has 0 aromatic heterocycles. The van der Waals surface area contributed by atoms with Crippen LogP contribution in [-0.4, -0.2) is 37.5 Å². The number of hydrogen-bond donors (Lipinski definition) is 1. The Morgan fingerprint density at radius 1 is 1.44 bits per heavy atom. The first-order chi connectivity index (χ1) is 8.40. The average molecular weight is 319 g/mol. The Hall–Kier alpha value is -1.27. The summed E-state index contributed by atoms with van der Waals surface area (Å²) in [6.45, 7) is 1.13. The third kappa shape index (κ3) is 3.61. The first kappa shape index (κ1) is 14.8. The molecule has 18 heavy (non-hydrogen) atoms. The van der Waals surface area contributed by atoms with Gasteiger partial charge in [-0.15, -0.1) is 0 Å². The Balaban J connectivity index is 2.72. The standard InChI is InChI=1S/C12H15BrO5/c1-12(15,11(14)17-3)7-18-10-5-4-8(16-2)6-9(10)13/h4-6,15H,7H2,1-3H3. The number of methoxy groups -OCH3 is 2. The maximum Gasteiger partial charge on any atom is 0.341 e. The molecular formula is C12H15BrO5. The zero-order valence-electron chi connectivity index (χ0n) is 10.4. The molecule has 0 bridgehead atoms. The summed E-state index contributed by atoms with van der Waals surface area (Å²) in [5.74, 6) is 0.432. The van der Waals surface area contributed by atoms with Gasteiger partial charge >= 0.3 is 5.97 Å². The van der Waals surface area contributed by atoms with Crippen LogP contribution in [0.2, 0.25) is 0 Å². The van der Waals surface area contributed by atoms with Gasteiger partial charge in [0.05, 0.1) is 18.7 Å². The van der Waals surface area contributed by atoms with Crippen LogP contribution < -0.4 is 9.47 Å². The topological polar surface area (TPSA) is 65.0 Å². The minimum atomic E-state index is -1.69. The van der Waals surface area contributed by atoms with Crippen LogP contribution >= 0.6 is 15.9 Å². The molecule has 0 heterocycles. The van der Waals surface area contributed by atoms with Crippen molar-refractivity contribution in [1.82, 2.24) is 0 Å². The summed E-state index contributed by atoms with van der Waals surface area (Å²) in [4.78, 5) is 11.3. The molecule has 1 atom stereocenters. The van der Waals surface area contributed by atoms with Crippen LogP contribution in [0.25, 0.3) is 0 Å². The summed E-state index contributed by atoms with van der Waals surface area (Å²) in [5.41, 5.74) is -1.69. The molecule has 0 aliphatic rings. The average Bonchev–Trinajstić information content (AvgIpc) is 2.36. The van der Waals surface area contributed by atoms with E-state index in [0.717, 1.165) is 0 Å². The van der Waals surface area contributed by atoms with E-state index in [-0.39, 0.29) is 6.61 Å². The normalized spacial score (nSPS) is 13.6. The number of aliphatic hydroxyl groups is 1. The number of rotatable bonds is 5. The van der Waals surface area contributed by atoms with E-state index >= 15 is 0 Å². The highest BCUT2D eigenvalue weighted by atomic mass is 79.9. The zero-order valence-corrected chi connectivity index (χ0v) is 12.0. The molecule has 0 saturated heterocycles. The maximum atomic E-state index is 11.3. The molecule has 0 fully saturated rings. The summed E-state index contributed by atoms with van der Waals surface area (Å²) in [5, 5.41) is 9.80. The van der Waals surface area contributed by atoms with Gasteiger partial charge in [-0.25, -0.2) is 4.79 Å². The van der Waals surface area contributed by atoms with Crippen LogP contribution in [-0.2, 0) is 9.53 Å². The summed E-state index contributed by atoms with van der Waals surface area (Å²) < 4.78 is 15.6. The second-order valence-corrected chi connectivity index (χ2v) is 4.70. The van der Waals surface area contributed by atoms with Crippen molar-refractivity contribution in [2.24, 2.45) is 0 Å². The van der Waals surface area contributed by atoms with E-state index in [9.17, 15) is 9.90 Å². The van der Waals surface area contributed by atoms with Crippen molar-refractivity contribution in [3.8, 4) is 11.5 Å². The number of esters is 1. The highest BCUT2D eigenvalue weighted by molar-refractivity contribution is 9.10. The van der Waals surface area contributed by atoms with E-state index in [1.165, 1.54) is 14.0 Å². The van der Waals surface area contributed by atoms with Gasteiger partial charge in [-0.05, 0) is 41.1 Å². The molecule has 0 amide bonds. The molecule has 100 valence electrons. The fourth-order valence-corrected chi connectivity index (χ4v) is 1.69. The first-order valence-electron chi connectivity index (χ1n) is 5.18. The van der Waals surface area contributed by atoms with Crippen LogP contribution in [0, 0.1) is 0 Å². The molecule has 5 nitrogen and oxygen atoms in total. The predicted molar refractivity (Wildman–Crippen MR) is 68.8 cm³/mol. The van der Waals surface area contributed by atoms with Gasteiger partial charge in [-0.3, -0.25) is 0 Å². The van der Waals surface area contributed by atoms with E-state index in [1.54, 1.807) is 25.3 Å². The molecule has 1 aromatic carbocycles. The van der Waals surface area contributed by atoms with Gasteiger partial charge < -0.3 is 19.3 Å². The predicted octanol–water partition coefficient (Wildman–Crippen LogP) is 1.76. The number of carbonyl (C=O) groups is 1. The largest absolute Gasteiger partial charge is 0.497 e. The first-order valence-corrected chi connectivity index (χ1v) is 5.97. The van der Waals surface area contributed by atoms with E-state index in [2.05, 4.69) is 20.7 Å². The fourth-order valence-electron chi connectivity index (χ4n) is 1.22. The Labute approximate surface area is 114 Å². The zero-order chi connectivity index (χ0) is 13.8. The number of ether oxygens (including phenoxy) is 3. The molecule has 1 aromatic rings. The highest BCUT2D eigenvalue weighted by Crippen LogP contribution is 2.29. The van der Waals surface area contributed by atoms with Crippen LogP contribution in [0.3, 0.4) is 0 Å². The van der Waals surface area contributed by atoms with Crippen molar-refractivity contribution in [3.05, 3.63) is 22.7 Å². The van der Waals surface area contributed by atoms with Crippen molar-refractivity contribution in [2.45, 2.75) is 12.5 Å². The van der Waals surface area contributed by atoms with E-state index < -0.39 is 11.6 Å². The SMILES string of the molecule is COC(=O)C(C)(O)COc1ccc(OC)cc1Br. The van der Waals surface area contributed by atoms with Crippen LogP contribution in [0.5, 0.6) is 11.5 Å². The van der Waals surface area contributed by atoms with Crippen molar-refractivity contribution in [3.63, 3.8) is 0 Å². The van der Waals surface area contributed by atoms with E-state index in [0.29, 0.717) is 16.0 Å². The maximum absolute atomic E-state index is 11.3. The third-order valence-corrected chi connectivity index (χ3v) is 2.89. The van der Waals surface area contributed by atoms with E-state index in [4.69, 9.17) is 9.47 Å². The molecule has 1 N–H and O–H groups in total. The molecule has 0 saturated carbocycles. The summed E-state index contributed by atoms with van der Waals surface area (Å²) >= 11 is 3.31. The van der Waals surface area contributed by atoms with Gasteiger partial charge in [0.2, 0.25) is 0 Å². The molecular weight excluding hydrogens is 304 g/mol. The molecule has 0 aliphatic heterocycles. The number of halogens is 1. The lowest BCUT2D eigenvalue weighted by atomic mass is 10.1. The second-order valence-electron chi connectivity index (χ2n) is 3.85. The number of carbonyl (C=O) groups excluding carboxylic acids is 1. The molecule has 1 unspecified atom stereocenters. The Morgan fingerprint density at radius 2 is 2.11 bits per heavy atom. The fraction of sp³-hybridized carbons (Fsp3) is 0.417. The molecule has 6 heteroatoms. The van der Waals surface area contributed by atoms with Crippen LogP contribution in [0.4, 0.5) is 0 Å². The van der Waals surface area contributed by atoms with Gasteiger partial charge in [0, 0.05) is 0 Å². The Bertz CT molecular complexity index is 430. The monoisotopic (exact) mass is 318 g/mol. The minimum absolute atomic E-state index is 0.204. The van der Waals surface area contributed by atoms with Crippen molar-refractivity contribution in [1.29, 1.82) is 0 Å². The molecule has 1 rings (SSSR count). The van der Waals surface area contributed by atoms with Crippen molar-refractivity contribution < 1.29 is 24.1 Å². The van der Waals surface area contributed by atoms with Crippen molar-refractivity contribution >= 4 is 21.9 Å². The number of hydrogen-bond acceptors (Lipinski definition) is 5. The van der Waals surface area contributed by atoms with Crippen molar-refractivity contribution in [2.75, 3.05) is 20.8 Å². The lowest BCUT2D eigenvalue weighted by Crippen LogP contribution is -2.42. The molecule has 0 aliphatic carbocycles. The van der Waals surface area contributed by atoms with Gasteiger partial charge in [-0.1, -0.05) is 0 Å². The summed E-state index contributed by atoms with van der Waals surface area (Å²) in [7, 11) is 2.77. The van der Waals surface area contributed by atoms with Crippen LogP contribution in [0.15, 0.2) is 22.7 Å². The smallest absolute Gasteiger partial charge is 0.341 e. The summed E-state index contributed by atoms with van der Waals surface area (Å²) in [6.07, 6.45) is 0. The lowest BCUT2D eigenvalue weighted by molar-refractivity contribution is -0.163. The van der Waals surface area contributed by atoms with Gasteiger partial charge in [-0.2, -0.15) is 0 Å². The third-order valence-electron chi connectivity index (χ3n) is 2.27. The van der Waals surface area contributed by atoms with Crippen LogP contribution in [0.1, 0.15) is 6.92 Å². The minimum Gasteiger partial charge on any atom is -0.497 e. The summed E-state index contributed by atoms with van der Waals surface area (Å²) in [6, 6.07) is 5.12. The number of benzene rings is 1. The second kappa shape index (κ2) is 6.06. The van der Waals surface area contributed by atoms with Gasteiger partial charge in [0.1, 0.15) is 18.1 Å². The highest BCUT2D eigenvalue weighted by Gasteiger charge is 2.32. The Kier molecular flexibility index (Phi) is 4.98. The van der Waals surface area contributed by atoms with Gasteiger partial charge in [0.15, 0.2) is 5.60 Å². The Morgan fingerprint density at radius 3 is 2.61 bits per heavy atom. The molecule has 0 radical (unpaired) electrons. The van der Waals surface area contributed by atoms with E-state index in [1.807, 2.05) is 0 Å². The molecule has 0 spiro atoms. The lowest BCUT2D eigenvalue weighted by Gasteiger charge is -2.20.